The van der Waals surface area contributed by atoms with Gasteiger partial charge in [-0.1, -0.05) is 0 Å². The lowest BCUT2D eigenvalue weighted by atomic mass is 10.2. The summed E-state index contributed by atoms with van der Waals surface area (Å²) in [6.07, 6.45) is 1.21. The predicted molar refractivity (Wildman–Crippen MR) is 45.6 cm³/mol. The second-order valence-electron chi connectivity index (χ2n) is 3.50. The number of rotatable bonds is 3. The molecule has 3 heteroatoms. The molecule has 66 valence electrons. The van der Waals surface area contributed by atoms with Gasteiger partial charge < -0.3 is 15.3 Å². The second-order valence-corrected chi connectivity index (χ2v) is 3.50. The van der Waals surface area contributed by atoms with E-state index in [1.54, 1.807) is 0 Å². The van der Waals surface area contributed by atoms with Crippen LogP contribution in [0.4, 0.5) is 0 Å². The van der Waals surface area contributed by atoms with Crippen LogP contribution < -0.4 is 5.32 Å². The third-order valence-electron chi connectivity index (χ3n) is 2.19. The molecule has 0 bridgehead atoms. The minimum Gasteiger partial charge on any atom is -0.395 e. The van der Waals surface area contributed by atoms with E-state index in [0.29, 0.717) is 6.04 Å². The molecule has 1 aliphatic rings. The number of aliphatic hydroxyl groups is 1. The third kappa shape index (κ3) is 2.77. The maximum atomic E-state index is 8.78. The molecular formula is C8H18N2O. The van der Waals surface area contributed by atoms with Gasteiger partial charge in [0.05, 0.1) is 6.61 Å². The molecular weight excluding hydrogens is 140 g/mol. The molecule has 0 aromatic heterocycles. The average molecular weight is 158 g/mol. The zero-order chi connectivity index (χ0) is 8.27. The van der Waals surface area contributed by atoms with Gasteiger partial charge in [0.2, 0.25) is 0 Å². The highest BCUT2D eigenvalue weighted by molar-refractivity contribution is 4.80. The molecule has 1 rings (SSSR count). The Morgan fingerprint density at radius 2 is 2.45 bits per heavy atom. The Morgan fingerprint density at radius 3 is 2.91 bits per heavy atom. The van der Waals surface area contributed by atoms with Crippen LogP contribution in [0.5, 0.6) is 0 Å². The summed E-state index contributed by atoms with van der Waals surface area (Å²) < 4.78 is 0. The van der Waals surface area contributed by atoms with E-state index in [0.717, 1.165) is 6.54 Å². The SMILES string of the molecule is CC(CO)NC1CCN(C)C1. The highest BCUT2D eigenvalue weighted by Gasteiger charge is 2.19. The van der Waals surface area contributed by atoms with Crippen LogP contribution in [0, 0.1) is 0 Å². The molecule has 1 fully saturated rings. The van der Waals surface area contributed by atoms with Crippen molar-refractivity contribution in [2.45, 2.75) is 25.4 Å². The first kappa shape index (κ1) is 8.97. The topological polar surface area (TPSA) is 35.5 Å². The normalized spacial score (nSPS) is 29.2. The molecule has 0 radical (unpaired) electrons. The first-order valence-corrected chi connectivity index (χ1v) is 4.28. The molecule has 1 saturated heterocycles. The van der Waals surface area contributed by atoms with Crippen LogP contribution in [-0.2, 0) is 0 Å². The lowest BCUT2D eigenvalue weighted by Gasteiger charge is -2.17. The van der Waals surface area contributed by atoms with Crippen molar-refractivity contribution in [3.63, 3.8) is 0 Å². The van der Waals surface area contributed by atoms with Gasteiger partial charge in [-0.25, -0.2) is 0 Å². The fourth-order valence-corrected chi connectivity index (χ4v) is 1.53. The highest BCUT2D eigenvalue weighted by atomic mass is 16.3. The van der Waals surface area contributed by atoms with E-state index in [2.05, 4.69) is 17.3 Å². The number of nitrogens with zero attached hydrogens (tertiary/aromatic N) is 1. The van der Waals surface area contributed by atoms with Gasteiger partial charge in [0.15, 0.2) is 0 Å². The zero-order valence-corrected chi connectivity index (χ0v) is 7.38. The Bertz CT molecular complexity index is 119. The minimum atomic E-state index is 0.236. The molecule has 0 aromatic rings. The molecule has 11 heavy (non-hydrogen) atoms. The van der Waals surface area contributed by atoms with Crippen LogP contribution in [0.3, 0.4) is 0 Å². The Labute approximate surface area is 68.4 Å². The summed E-state index contributed by atoms with van der Waals surface area (Å²) in [6, 6.07) is 0.827. The molecule has 0 aromatic carbocycles. The van der Waals surface area contributed by atoms with Gasteiger partial charge in [-0.05, 0) is 26.9 Å². The molecule has 0 saturated carbocycles. The molecule has 0 amide bonds. The van der Waals surface area contributed by atoms with Crippen molar-refractivity contribution in [2.75, 3.05) is 26.7 Å². The van der Waals surface area contributed by atoms with Crippen LogP contribution in [0.15, 0.2) is 0 Å². The Kier molecular flexibility index (Phi) is 3.30. The first-order valence-electron chi connectivity index (χ1n) is 4.28. The largest absolute Gasteiger partial charge is 0.395 e. The van der Waals surface area contributed by atoms with E-state index in [9.17, 15) is 0 Å². The molecule has 2 N–H and O–H groups in total. The molecule has 0 aliphatic carbocycles. The summed E-state index contributed by atoms with van der Waals surface area (Å²) in [4.78, 5) is 2.31. The Hall–Kier alpha value is -0.120. The number of nitrogens with one attached hydrogen (secondary N) is 1. The molecule has 2 unspecified atom stereocenters. The lowest BCUT2D eigenvalue weighted by molar-refractivity contribution is 0.240. The quantitative estimate of drug-likeness (QED) is 0.590. The molecule has 1 aliphatic heterocycles. The van der Waals surface area contributed by atoms with Gasteiger partial charge in [-0.3, -0.25) is 0 Å². The first-order chi connectivity index (χ1) is 5.22. The van der Waals surface area contributed by atoms with E-state index < -0.39 is 0 Å². The summed E-state index contributed by atoms with van der Waals surface area (Å²) in [5, 5.41) is 12.2. The van der Waals surface area contributed by atoms with Crippen molar-refractivity contribution in [3.05, 3.63) is 0 Å². The van der Waals surface area contributed by atoms with Crippen molar-refractivity contribution in [3.8, 4) is 0 Å². The smallest absolute Gasteiger partial charge is 0.0582 e. The highest BCUT2D eigenvalue weighted by Crippen LogP contribution is 2.06. The van der Waals surface area contributed by atoms with Crippen LogP contribution in [0.25, 0.3) is 0 Å². The van der Waals surface area contributed by atoms with Gasteiger partial charge in [0, 0.05) is 18.6 Å². The maximum absolute atomic E-state index is 8.78. The van der Waals surface area contributed by atoms with E-state index in [4.69, 9.17) is 5.11 Å². The maximum Gasteiger partial charge on any atom is 0.0582 e. The molecule has 3 nitrogen and oxygen atoms in total. The van der Waals surface area contributed by atoms with Gasteiger partial charge in [0.1, 0.15) is 0 Å². The summed E-state index contributed by atoms with van der Waals surface area (Å²) in [5.74, 6) is 0. The zero-order valence-electron chi connectivity index (χ0n) is 7.38. The summed E-state index contributed by atoms with van der Waals surface area (Å²) in [6.45, 7) is 4.54. The number of hydrogen-bond acceptors (Lipinski definition) is 3. The van der Waals surface area contributed by atoms with Crippen LogP contribution in [-0.4, -0.2) is 48.8 Å². The molecule has 1 heterocycles. The Balaban J connectivity index is 2.17. The van der Waals surface area contributed by atoms with E-state index in [1.807, 2.05) is 6.92 Å². The van der Waals surface area contributed by atoms with E-state index >= 15 is 0 Å². The van der Waals surface area contributed by atoms with Crippen molar-refractivity contribution in [1.82, 2.24) is 10.2 Å². The summed E-state index contributed by atoms with van der Waals surface area (Å²) >= 11 is 0. The lowest BCUT2D eigenvalue weighted by Crippen LogP contribution is -2.39. The summed E-state index contributed by atoms with van der Waals surface area (Å²) in [5.41, 5.74) is 0. The fraction of sp³-hybridized carbons (Fsp3) is 1.00. The van der Waals surface area contributed by atoms with E-state index in [1.165, 1.54) is 13.0 Å². The van der Waals surface area contributed by atoms with Crippen molar-refractivity contribution >= 4 is 0 Å². The van der Waals surface area contributed by atoms with Gasteiger partial charge in [0.25, 0.3) is 0 Å². The summed E-state index contributed by atoms with van der Waals surface area (Å²) in [7, 11) is 2.13. The van der Waals surface area contributed by atoms with Crippen LogP contribution >= 0.6 is 0 Å². The Morgan fingerprint density at radius 1 is 1.73 bits per heavy atom. The number of likely N-dealkylation sites (tertiary alicyclic amines) is 1. The van der Waals surface area contributed by atoms with Crippen LogP contribution in [0.2, 0.25) is 0 Å². The van der Waals surface area contributed by atoms with Gasteiger partial charge in [-0.2, -0.15) is 0 Å². The average Bonchev–Trinajstić information content (AvgIpc) is 2.35. The monoisotopic (exact) mass is 158 g/mol. The minimum absolute atomic E-state index is 0.236. The van der Waals surface area contributed by atoms with Crippen LogP contribution in [0.1, 0.15) is 13.3 Å². The number of hydrogen-bond donors (Lipinski definition) is 2. The fourth-order valence-electron chi connectivity index (χ4n) is 1.53. The molecule has 2 atom stereocenters. The second kappa shape index (κ2) is 4.04. The standard InChI is InChI=1S/C8H18N2O/c1-7(6-11)9-8-3-4-10(2)5-8/h7-9,11H,3-6H2,1-2H3. The number of likely N-dealkylation sites (N-methyl/N-ethyl adjacent to an activating group) is 1. The van der Waals surface area contributed by atoms with Gasteiger partial charge >= 0.3 is 0 Å². The predicted octanol–water partition coefficient (Wildman–Crippen LogP) is -0.339. The number of aliphatic hydroxyl groups excluding tert-OH is 1. The molecule has 0 spiro atoms. The van der Waals surface area contributed by atoms with Crippen molar-refractivity contribution < 1.29 is 5.11 Å². The third-order valence-corrected chi connectivity index (χ3v) is 2.19. The van der Waals surface area contributed by atoms with Crippen molar-refractivity contribution in [1.29, 1.82) is 0 Å². The van der Waals surface area contributed by atoms with E-state index in [-0.39, 0.29) is 12.6 Å². The van der Waals surface area contributed by atoms with Crippen molar-refractivity contribution in [2.24, 2.45) is 0 Å². The van der Waals surface area contributed by atoms with Gasteiger partial charge in [-0.15, -0.1) is 0 Å².